The largest absolute Gasteiger partial charge is 0.380 e. The Kier molecular flexibility index (Phi) is 5.68. The molecule has 9 heteroatoms. The maximum atomic E-state index is 8.78. The highest BCUT2D eigenvalue weighted by molar-refractivity contribution is 5.73. The molecule has 134 valence electrons. The normalized spacial score (nSPS) is 16.5. The number of allylic oxidation sites excluding steroid dienone is 1. The van der Waals surface area contributed by atoms with Gasteiger partial charge in [0.1, 0.15) is 17.6 Å². The van der Waals surface area contributed by atoms with Gasteiger partial charge >= 0.3 is 0 Å². The fourth-order valence-electron chi connectivity index (χ4n) is 2.46. The molecule has 3 heterocycles. The third-order valence-corrected chi connectivity index (χ3v) is 3.75. The zero-order valence-corrected chi connectivity index (χ0v) is 14.5. The van der Waals surface area contributed by atoms with E-state index < -0.39 is 0 Å². The topological polar surface area (TPSA) is 121 Å². The van der Waals surface area contributed by atoms with Crippen LogP contribution in [0.2, 0.25) is 0 Å². The molecule has 3 rings (SSSR count). The van der Waals surface area contributed by atoms with Crippen LogP contribution in [0.25, 0.3) is 5.57 Å². The van der Waals surface area contributed by atoms with Gasteiger partial charge in [0, 0.05) is 25.7 Å². The molecule has 1 saturated heterocycles. The summed E-state index contributed by atoms with van der Waals surface area (Å²) in [7, 11) is 0. The standard InChI is InChI=1S/C17H20N8O/c1-11(2)17-14(21-9-13-8-19-3-4-26-13)5-15(24-25-17)23-16-10-20-12(6-18)7-22-16/h5,7,10,13,19H,1,3-4,8-9H2,2H3,(H2,21,22,23,24)/t13-/m1/s1. The third-order valence-electron chi connectivity index (χ3n) is 3.75. The highest BCUT2D eigenvalue weighted by Crippen LogP contribution is 2.23. The van der Waals surface area contributed by atoms with Crippen LogP contribution in [0.15, 0.2) is 25.0 Å². The highest BCUT2D eigenvalue weighted by Gasteiger charge is 2.15. The van der Waals surface area contributed by atoms with Crippen molar-refractivity contribution in [3.05, 3.63) is 36.4 Å². The highest BCUT2D eigenvalue weighted by atomic mass is 16.5. The van der Waals surface area contributed by atoms with E-state index in [1.54, 1.807) is 0 Å². The van der Waals surface area contributed by atoms with Crippen molar-refractivity contribution in [3.63, 3.8) is 0 Å². The molecule has 0 radical (unpaired) electrons. The van der Waals surface area contributed by atoms with Crippen molar-refractivity contribution in [3.8, 4) is 6.07 Å². The number of hydrogen-bond donors (Lipinski definition) is 3. The van der Waals surface area contributed by atoms with E-state index in [9.17, 15) is 0 Å². The van der Waals surface area contributed by atoms with Crippen LogP contribution < -0.4 is 16.0 Å². The molecule has 1 atom stereocenters. The number of nitrogens with zero attached hydrogens (tertiary/aromatic N) is 5. The quantitative estimate of drug-likeness (QED) is 0.706. The molecule has 9 nitrogen and oxygen atoms in total. The molecule has 26 heavy (non-hydrogen) atoms. The predicted molar refractivity (Wildman–Crippen MR) is 97.9 cm³/mol. The van der Waals surface area contributed by atoms with Crippen LogP contribution in [0.4, 0.5) is 17.3 Å². The second-order valence-electron chi connectivity index (χ2n) is 5.87. The Morgan fingerprint density at radius 2 is 2.27 bits per heavy atom. The average molecular weight is 352 g/mol. The van der Waals surface area contributed by atoms with E-state index in [1.807, 2.05) is 19.1 Å². The summed E-state index contributed by atoms with van der Waals surface area (Å²) in [5, 5.41) is 26.9. The average Bonchev–Trinajstić information content (AvgIpc) is 2.68. The minimum Gasteiger partial charge on any atom is -0.380 e. The molecular formula is C17H20N8O. The monoisotopic (exact) mass is 352 g/mol. The summed E-state index contributed by atoms with van der Waals surface area (Å²) in [4.78, 5) is 8.09. The Bertz CT molecular complexity index is 809. The van der Waals surface area contributed by atoms with Gasteiger partial charge in [-0.15, -0.1) is 10.2 Å². The first-order valence-corrected chi connectivity index (χ1v) is 8.24. The number of rotatable bonds is 6. The second-order valence-corrected chi connectivity index (χ2v) is 5.87. The molecule has 0 aromatic carbocycles. The van der Waals surface area contributed by atoms with Gasteiger partial charge in [0.05, 0.1) is 30.8 Å². The predicted octanol–water partition coefficient (Wildman–Crippen LogP) is 1.32. The van der Waals surface area contributed by atoms with Crippen LogP contribution in [0.5, 0.6) is 0 Å². The molecule has 0 saturated carbocycles. The maximum Gasteiger partial charge on any atom is 0.158 e. The molecule has 0 amide bonds. The second kappa shape index (κ2) is 8.33. The lowest BCUT2D eigenvalue weighted by Crippen LogP contribution is -2.42. The Morgan fingerprint density at radius 1 is 1.38 bits per heavy atom. The van der Waals surface area contributed by atoms with Crippen molar-refractivity contribution in [2.24, 2.45) is 0 Å². The zero-order chi connectivity index (χ0) is 18.4. The fourth-order valence-corrected chi connectivity index (χ4v) is 2.46. The lowest BCUT2D eigenvalue weighted by Gasteiger charge is -2.24. The number of nitrogens with one attached hydrogen (secondary N) is 3. The molecular weight excluding hydrogens is 332 g/mol. The van der Waals surface area contributed by atoms with E-state index in [2.05, 4.69) is 42.7 Å². The van der Waals surface area contributed by atoms with Crippen molar-refractivity contribution in [2.75, 3.05) is 36.9 Å². The Hall–Kier alpha value is -3.09. The molecule has 2 aromatic heterocycles. The summed E-state index contributed by atoms with van der Waals surface area (Å²) in [6.45, 7) is 8.88. The number of anilines is 3. The van der Waals surface area contributed by atoms with Gasteiger partial charge in [0.25, 0.3) is 0 Å². The van der Waals surface area contributed by atoms with Crippen LogP contribution in [0.3, 0.4) is 0 Å². The molecule has 1 aliphatic rings. The van der Waals surface area contributed by atoms with Gasteiger partial charge < -0.3 is 20.7 Å². The molecule has 3 N–H and O–H groups in total. The SMILES string of the molecule is C=C(C)c1nnc(Nc2cnc(C#N)cn2)cc1NC[C@H]1CNCCO1. The smallest absolute Gasteiger partial charge is 0.158 e. The van der Waals surface area contributed by atoms with Gasteiger partial charge in [-0.05, 0) is 12.5 Å². The van der Waals surface area contributed by atoms with Crippen LogP contribution >= 0.6 is 0 Å². The first-order chi connectivity index (χ1) is 12.7. The van der Waals surface area contributed by atoms with E-state index in [0.717, 1.165) is 24.4 Å². The molecule has 1 fully saturated rings. The fraction of sp³-hybridized carbons (Fsp3) is 0.353. The van der Waals surface area contributed by atoms with Gasteiger partial charge in [-0.2, -0.15) is 5.26 Å². The Labute approximate surface area is 151 Å². The van der Waals surface area contributed by atoms with Crippen molar-refractivity contribution in [1.29, 1.82) is 5.26 Å². The van der Waals surface area contributed by atoms with Crippen molar-refractivity contribution in [2.45, 2.75) is 13.0 Å². The first-order valence-electron chi connectivity index (χ1n) is 8.24. The van der Waals surface area contributed by atoms with Gasteiger partial charge in [-0.25, -0.2) is 9.97 Å². The van der Waals surface area contributed by atoms with E-state index in [-0.39, 0.29) is 11.8 Å². The number of morpholine rings is 1. The van der Waals surface area contributed by atoms with Crippen molar-refractivity contribution in [1.82, 2.24) is 25.5 Å². The summed E-state index contributed by atoms with van der Waals surface area (Å²) in [6.07, 6.45) is 2.96. The van der Waals surface area contributed by atoms with Crippen LogP contribution in [-0.2, 0) is 4.74 Å². The summed E-state index contributed by atoms with van der Waals surface area (Å²) in [5.41, 5.74) is 2.58. The summed E-state index contributed by atoms with van der Waals surface area (Å²) < 4.78 is 5.70. The van der Waals surface area contributed by atoms with Gasteiger partial charge in [0.2, 0.25) is 0 Å². The summed E-state index contributed by atoms with van der Waals surface area (Å²) >= 11 is 0. The van der Waals surface area contributed by atoms with E-state index in [1.165, 1.54) is 12.4 Å². The third kappa shape index (κ3) is 4.50. The number of aromatic nitrogens is 4. The zero-order valence-electron chi connectivity index (χ0n) is 14.5. The number of ether oxygens (including phenoxy) is 1. The molecule has 0 unspecified atom stereocenters. The van der Waals surface area contributed by atoms with Crippen LogP contribution in [0, 0.1) is 11.3 Å². The summed E-state index contributed by atoms with van der Waals surface area (Å²) in [5.74, 6) is 0.992. The first kappa shape index (κ1) is 17.7. The van der Waals surface area contributed by atoms with E-state index >= 15 is 0 Å². The summed E-state index contributed by atoms with van der Waals surface area (Å²) in [6, 6.07) is 3.77. The van der Waals surface area contributed by atoms with Crippen molar-refractivity contribution < 1.29 is 4.74 Å². The van der Waals surface area contributed by atoms with Gasteiger partial charge in [-0.3, -0.25) is 0 Å². The number of hydrogen-bond acceptors (Lipinski definition) is 9. The molecule has 0 aliphatic carbocycles. The molecule has 1 aliphatic heterocycles. The Balaban J connectivity index is 1.74. The minimum atomic E-state index is 0.0932. The van der Waals surface area contributed by atoms with E-state index in [0.29, 0.717) is 30.5 Å². The maximum absolute atomic E-state index is 8.78. The van der Waals surface area contributed by atoms with Crippen LogP contribution in [-0.4, -0.2) is 52.5 Å². The number of nitriles is 1. The lowest BCUT2D eigenvalue weighted by molar-refractivity contribution is 0.0372. The van der Waals surface area contributed by atoms with Gasteiger partial charge in [0.15, 0.2) is 11.5 Å². The van der Waals surface area contributed by atoms with Crippen LogP contribution in [0.1, 0.15) is 18.3 Å². The minimum absolute atomic E-state index is 0.0932. The lowest BCUT2D eigenvalue weighted by atomic mass is 10.2. The van der Waals surface area contributed by atoms with E-state index in [4.69, 9.17) is 10.00 Å². The van der Waals surface area contributed by atoms with Gasteiger partial charge in [-0.1, -0.05) is 6.58 Å². The van der Waals surface area contributed by atoms with Crippen molar-refractivity contribution >= 4 is 22.9 Å². The Morgan fingerprint density at radius 3 is 2.92 bits per heavy atom. The molecule has 2 aromatic rings. The molecule has 0 spiro atoms. The molecule has 0 bridgehead atoms.